The number of nitrogens with two attached hydrogens (primary N) is 1. The Bertz CT molecular complexity index is 668. The Morgan fingerprint density at radius 1 is 1.30 bits per heavy atom. The van der Waals surface area contributed by atoms with E-state index in [2.05, 4.69) is 21.7 Å². The third kappa shape index (κ3) is 4.33. The molecular formula is C18H23N3OS. The lowest BCUT2D eigenvalue weighted by Crippen LogP contribution is -2.37. The van der Waals surface area contributed by atoms with Gasteiger partial charge in [0.2, 0.25) is 5.91 Å². The van der Waals surface area contributed by atoms with Gasteiger partial charge in [-0.1, -0.05) is 18.2 Å². The van der Waals surface area contributed by atoms with E-state index < -0.39 is 0 Å². The molecule has 122 valence electrons. The van der Waals surface area contributed by atoms with Crippen LogP contribution in [0, 0.1) is 0 Å². The monoisotopic (exact) mass is 329 g/mol. The van der Waals surface area contributed by atoms with Gasteiger partial charge < -0.3 is 11.1 Å². The molecule has 0 bridgehead atoms. The SMILES string of the molecule is Nc1ccccc1CCC(=O)NCCN1CCc2sccc2C1. The van der Waals surface area contributed by atoms with Crippen LogP contribution in [-0.2, 0) is 24.2 Å². The van der Waals surface area contributed by atoms with E-state index >= 15 is 0 Å². The summed E-state index contributed by atoms with van der Waals surface area (Å²) in [6.07, 6.45) is 2.32. The van der Waals surface area contributed by atoms with E-state index in [0.29, 0.717) is 19.4 Å². The minimum atomic E-state index is 0.0986. The van der Waals surface area contributed by atoms with Crippen molar-refractivity contribution in [1.82, 2.24) is 10.2 Å². The summed E-state index contributed by atoms with van der Waals surface area (Å²) >= 11 is 1.86. The molecule has 2 aromatic rings. The van der Waals surface area contributed by atoms with Crippen LogP contribution in [0.2, 0.25) is 0 Å². The third-order valence-corrected chi connectivity index (χ3v) is 5.34. The van der Waals surface area contributed by atoms with Gasteiger partial charge in [0.25, 0.3) is 0 Å². The van der Waals surface area contributed by atoms with Crippen molar-refractivity contribution in [2.45, 2.75) is 25.8 Å². The lowest BCUT2D eigenvalue weighted by atomic mass is 10.1. The number of thiophene rings is 1. The van der Waals surface area contributed by atoms with E-state index in [9.17, 15) is 4.79 Å². The number of hydrogen-bond acceptors (Lipinski definition) is 4. The molecule has 0 saturated heterocycles. The first-order chi connectivity index (χ1) is 11.2. The highest BCUT2D eigenvalue weighted by molar-refractivity contribution is 7.10. The molecular weight excluding hydrogens is 306 g/mol. The predicted octanol–water partition coefficient (Wildman–Crippen LogP) is 2.44. The summed E-state index contributed by atoms with van der Waals surface area (Å²) in [6, 6.07) is 9.95. The Morgan fingerprint density at radius 3 is 3.04 bits per heavy atom. The van der Waals surface area contributed by atoms with Gasteiger partial charge in [-0.2, -0.15) is 0 Å². The second-order valence-corrected chi connectivity index (χ2v) is 6.94. The maximum atomic E-state index is 12.0. The Hall–Kier alpha value is -1.85. The van der Waals surface area contributed by atoms with Crippen LogP contribution >= 0.6 is 11.3 Å². The van der Waals surface area contributed by atoms with Crippen LogP contribution in [0.4, 0.5) is 5.69 Å². The van der Waals surface area contributed by atoms with Crippen molar-refractivity contribution in [3.63, 3.8) is 0 Å². The number of carbonyl (C=O) groups excluding carboxylic acids is 1. The van der Waals surface area contributed by atoms with Gasteiger partial charge in [0.15, 0.2) is 0 Å². The van der Waals surface area contributed by atoms with Crippen molar-refractivity contribution >= 4 is 22.9 Å². The number of carbonyl (C=O) groups is 1. The number of amides is 1. The number of para-hydroxylation sites is 1. The summed E-state index contributed by atoms with van der Waals surface area (Å²) in [6.45, 7) is 3.72. The summed E-state index contributed by atoms with van der Waals surface area (Å²) in [5, 5.41) is 5.19. The van der Waals surface area contributed by atoms with E-state index in [0.717, 1.165) is 37.3 Å². The first-order valence-corrected chi connectivity index (χ1v) is 8.98. The number of rotatable bonds is 6. The average molecular weight is 329 g/mol. The number of benzene rings is 1. The first-order valence-electron chi connectivity index (χ1n) is 8.10. The van der Waals surface area contributed by atoms with Crippen molar-refractivity contribution in [1.29, 1.82) is 0 Å². The smallest absolute Gasteiger partial charge is 0.220 e. The van der Waals surface area contributed by atoms with E-state index in [1.54, 1.807) is 0 Å². The largest absolute Gasteiger partial charge is 0.399 e. The zero-order valence-corrected chi connectivity index (χ0v) is 14.1. The molecule has 0 radical (unpaired) electrons. The number of nitrogens with zero attached hydrogens (tertiary/aromatic N) is 1. The van der Waals surface area contributed by atoms with Crippen molar-refractivity contribution in [2.75, 3.05) is 25.4 Å². The van der Waals surface area contributed by atoms with E-state index in [4.69, 9.17) is 5.73 Å². The Morgan fingerprint density at radius 2 is 2.17 bits per heavy atom. The maximum absolute atomic E-state index is 12.0. The summed E-state index contributed by atoms with van der Waals surface area (Å²) < 4.78 is 0. The van der Waals surface area contributed by atoms with Crippen LogP contribution in [0.3, 0.4) is 0 Å². The predicted molar refractivity (Wildman–Crippen MR) is 95.5 cm³/mol. The van der Waals surface area contributed by atoms with Crippen LogP contribution in [0.25, 0.3) is 0 Å². The van der Waals surface area contributed by atoms with Gasteiger partial charge >= 0.3 is 0 Å². The van der Waals surface area contributed by atoms with E-state index in [1.165, 1.54) is 10.4 Å². The fourth-order valence-corrected chi connectivity index (χ4v) is 3.84. The molecule has 1 aliphatic rings. The zero-order chi connectivity index (χ0) is 16.1. The highest BCUT2D eigenvalue weighted by atomic mass is 32.1. The van der Waals surface area contributed by atoms with Gasteiger partial charge in [-0.3, -0.25) is 9.69 Å². The highest BCUT2D eigenvalue weighted by Crippen LogP contribution is 2.23. The number of aryl methyl sites for hydroxylation is 1. The van der Waals surface area contributed by atoms with Crippen molar-refractivity contribution in [3.8, 4) is 0 Å². The molecule has 3 rings (SSSR count). The summed E-state index contributed by atoms with van der Waals surface area (Å²) in [5.41, 5.74) is 9.16. The Kier molecular flexibility index (Phi) is 5.31. The maximum Gasteiger partial charge on any atom is 0.220 e. The molecule has 1 amide bonds. The molecule has 0 fully saturated rings. The number of nitrogen functional groups attached to an aromatic ring is 1. The third-order valence-electron chi connectivity index (χ3n) is 4.31. The molecule has 23 heavy (non-hydrogen) atoms. The normalized spacial score (nSPS) is 14.4. The van der Waals surface area contributed by atoms with Gasteiger partial charge in [0, 0.05) is 43.2 Å². The van der Waals surface area contributed by atoms with Crippen molar-refractivity contribution < 1.29 is 4.79 Å². The lowest BCUT2D eigenvalue weighted by Gasteiger charge is -2.26. The molecule has 0 unspecified atom stereocenters. The molecule has 4 nitrogen and oxygen atoms in total. The molecule has 5 heteroatoms. The second kappa shape index (κ2) is 7.62. The molecule has 0 aliphatic carbocycles. The number of fused-ring (bicyclic) bond motifs is 1. The van der Waals surface area contributed by atoms with Crippen LogP contribution in [0.5, 0.6) is 0 Å². The molecule has 3 N–H and O–H groups in total. The minimum Gasteiger partial charge on any atom is -0.399 e. The van der Waals surface area contributed by atoms with Crippen molar-refractivity contribution in [2.24, 2.45) is 0 Å². The fraction of sp³-hybridized carbons (Fsp3) is 0.389. The van der Waals surface area contributed by atoms with Crippen LogP contribution in [0.15, 0.2) is 35.7 Å². The quantitative estimate of drug-likeness (QED) is 0.800. The lowest BCUT2D eigenvalue weighted by molar-refractivity contribution is -0.121. The Labute approximate surface area is 141 Å². The standard InChI is InChI=1S/C18H23N3OS/c19-16-4-2-1-3-14(16)5-6-18(22)20-9-11-21-10-7-17-15(13-21)8-12-23-17/h1-4,8,12H,5-7,9-11,13,19H2,(H,20,22). The number of anilines is 1. The summed E-state index contributed by atoms with van der Waals surface area (Å²) in [5.74, 6) is 0.0986. The highest BCUT2D eigenvalue weighted by Gasteiger charge is 2.16. The van der Waals surface area contributed by atoms with E-state index in [-0.39, 0.29) is 5.91 Å². The van der Waals surface area contributed by atoms with Gasteiger partial charge in [0.1, 0.15) is 0 Å². The molecule has 0 atom stereocenters. The van der Waals surface area contributed by atoms with Crippen LogP contribution in [-0.4, -0.2) is 30.4 Å². The Balaban J connectivity index is 1.36. The van der Waals surface area contributed by atoms with E-state index in [1.807, 2.05) is 35.6 Å². The van der Waals surface area contributed by atoms with Gasteiger partial charge in [0.05, 0.1) is 0 Å². The van der Waals surface area contributed by atoms with Crippen LogP contribution in [0.1, 0.15) is 22.4 Å². The second-order valence-electron chi connectivity index (χ2n) is 5.94. The summed E-state index contributed by atoms with van der Waals surface area (Å²) in [4.78, 5) is 15.9. The van der Waals surface area contributed by atoms with Gasteiger partial charge in [-0.25, -0.2) is 0 Å². The molecule has 0 saturated carbocycles. The minimum absolute atomic E-state index is 0.0986. The van der Waals surface area contributed by atoms with Crippen molar-refractivity contribution in [3.05, 3.63) is 51.7 Å². The summed E-state index contributed by atoms with van der Waals surface area (Å²) in [7, 11) is 0. The molecule has 1 aliphatic heterocycles. The molecule has 0 spiro atoms. The number of hydrogen-bond donors (Lipinski definition) is 2. The topological polar surface area (TPSA) is 58.4 Å². The zero-order valence-electron chi connectivity index (χ0n) is 13.3. The average Bonchev–Trinajstić information content (AvgIpc) is 3.02. The fourth-order valence-electron chi connectivity index (χ4n) is 2.95. The first kappa shape index (κ1) is 16.0. The van der Waals surface area contributed by atoms with Gasteiger partial charge in [-0.05, 0) is 41.5 Å². The molecule has 1 aromatic carbocycles. The van der Waals surface area contributed by atoms with Gasteiger partial charge in [-0.15, -0.1) is 11.3 Å². The molecule has 2 heterocycles. The van der Waals surface area contributed by atoms with Crippen LogP contribution < -0.4 is 11.1 Å². The molecule has 1 aromatic heterocycles. The number of nitrogens with one attached hydrogen (secondary N) is 1.